The fourth-order valence-corrected chi connectivity index (χ4v) is 3.27. The van der Waals surface area contributed by atoms with Crippen LogP contribution in [0.15, 0.2) is 30.3 Å². The molecule has 0 amide bonds. The molecule has 1 aromatic carbocycles. The molecule has 1 aliphatic carbocycles. The zero-order valence-electron chi connectivity index (χ0n) is 12.2. The van der Waals surface area contributed by atoms with Gasteiger partial charge in [-0.25, -0.2) is 0 Å². The van der Waals surface area contributed by atoms with E-state index in [0.717, 1.165) is 32.4 Å². The van der Waals surface area contributed by atoms with E-state index in [-0.39, 0.29) is 0 Å². The predicted molar refractivity (Wildman–Crippen MR) is 82.7 cm³/mol. The van der Waals surface area contributed by atoms with E-state index < -0.39 is 5.60 Å². The van der Waals surface area contributed by atoms with Crippen molar-refractivity contribution in [2.45, 2.75) is 44.2 Å². The van der Waals surface area contributed by atoms with Gasteiger partial charge in [0.25, 0.3) is 0 Å². The van der Waals surface area contributed by atoms with Crippen molar-refractivity contribution in [2.24, 2.45) is 0 Å². The number of nitrogens with zero attached hydrogens (tertiary/aromatic N) is 1. The second-order valence-electron chi connectivity index (χ2n) is 6.30. The summed E-state index contributed by atoms with van der Waals surface area (Å²) in [4.78, 5) is 5.75. The van der Waals surface area contributed by atoms with E-state index in [2.05, 4.69) is 47.3 Å². The molecular formula is C17H24N2O. The first-order valence-electron chi connectivity index (χ1n) is 7.62. The lowest BCUT2D eigenvalue weighted by Gasteiger charge is -2.25. The summed E-state index contributed by atoms with van der Waals surface area (Å²) in [6.07, 6.45) is 5.22. The molecule has 0 bridgehead atoms. The highest BCUT2D eigenvalue weighted by atomic mass is 16.3. The summed E-state index contributed by atoms with van der Waals surface area (Å²) in [5, 5.41) is 11.7. The average Bonchev–Trinajstić information content (AvgIpc) is 3.03. The van der Waals surface area contributed by atoms with Crippen LogP contribution in [0.25, 0.3) is 10.9 Å². The Morgan fingerprint density at radius 3 is 2.75 bits per heavy atom. The number of rotatable bonds is 5. The van der Waals surface area contributed by atoms with E-state index in [1.165, 1.54) is 29.4 Å². The number of para-hydroxylation sites is 1. The maximum atomic E-state index is 10.4. The SMILES string of the molecule is CN(CCC1(O)CCCC1)Cc1cc2ccccc2[nH]1. The summed E-state index contributed by atoms with van der Waals surface area (Å²) < 4.78 is 0. The Hall–Kier alpha value is -1.32. The van der Waals surface area contributed by atoms with Gasteiger partial charge in [0.05, 0.1) is 5.60 Å². The van der Waals surface area contributed by atoms with Crippen molar-refractivity contribution in [2.75, 3.05) is 13.6 Å². The Labute approximate surface area is 120 Å². The maximum Gasteiger partial charge on any atom is 0.0660 e. The van der Waals surface area contributed by atoms with Gasteiger partial charge in [-0.1, -0.05) is 31.0 Å². The third kappa shape index (κ3) is 3.05. The molecule has 3 nitrogen and oxygen atoms in total. The van der Waals surface area contributed by atoms with Crippen LogP contribution in [0.1, 0.15) is 37.8 Å². The molecule has 20 heavy (non-hydrogen) atoms. The molecule has 1 saturated carbocycles. The third-order valence-corrected chi connectivity index (χ3v) is 4.52. The molecular weight excluding hydrogens is 248 g/mol. The van der Waals surface area contributed by atoms with Crippen molar-refractivity contribution in [1.82, 2.24) is 9.88 Å². The standard InChI is InChI=1S/C17H24N2O/c1-19(11-10-17(20)8-4-5-9-17)13-15-12-14-6-2-3-7-16(14)18-15/h2-3,6-7,12,18,20H,4-5,8-11,13H2,1H3. The Morgan fingerprint density at radius 1 is 1.25 bits per heavy atom. The van der Waals surface area contributed by atoms with Crippen LogP contribution in [0.2, 0.25) is 0 Å². The number of hydrogen-bond donors (Lipinski definition) is 2. The molecule has 0 atom stereocenters. The van der Waals surface area contributed by atoms with Crippen molar-refractivity contribution in [3.05, 3.63) is 36.0 Å². The summed E-state index contributed by atoms with van der Waals surface area (Å²) in [7, 11) is 2.13. The van der Waals surface area contributed by atoms with E-state index in [9.17, 15) is 5.11 Å². The Balaban J connectivity index is 1.56. The predicted octanol–water partition coefficient (Wildman–Crippen LogP) is 3.29. The Morgan fingerprint density at radius 2 is 2.00 bits per heavy atom. The average molecular weight is 272 g/mol. The van der Waals surface area contributed by atoms with Crippen LogP contribution in [-0.4, -0.2) is 34.2 Å². The lowest BCUT2D eigenvalue weighted by molar-refractivity contribution is 0.0297. The molecule has 3 rings (SSSR count). The maximum absolute atomic E-state index is 10.4. The van der Waals surface area contributed by atoms with Crippen molar-refractivity contribution < 1.29 is 5.11 Å². The number of aromatic nitrogens is 1. The van der Waals surface area contributed by atoms with Crippen LogP contribution in [0, 0.1) is 0 Å². The summed E-state index contributed by atoms with van der Waals surface area (Å²) in [6.45, 7) is 1.86. The first kappa shape index (κ1) is 13.7. The van der Waals surface area contributed by atoms with Crippen molar-refractivity contribution >= 4 is 10.9 Å². The van der Waals surface area contributed by atoms with Crippen molar-refractivity contribution in [3.8, 4) is 0 Å². The van der Waals surface area contributed by atoms with E-state index in [1.807, 2.05) is 0 Å². The van der Waals surface area contributed by atoms with Crippen LogP contribution in [0.5, 0.6) is 0 Å². The van der Waals surface area contributed by atoms with Gasteiger partial charge in [0.15, 0.2) is 0 Å². The van der Waals surface area contributed by atoms with Crippen LogP contribution < -0.4 is 0 Å². The highest BCUT2D eigenvalue weighted by Crippen LogP contribution is 2.32. The van der Waals surface area contributed by atoms with Gasteiger partial charge in [-0.2, -0.15) is 0 Å². The topological polar surface area (TPSA) is 39.3 Å². The molecule has 2 aromatic rings. The first-order chi connectivity index (χ1) is 9.65. The molecule has 1 fully saturated rings. The lowest BCUT2D eigenvalue weighted by atomic mass is 9.98. The molecule has 0 spiro atoms. The van der Waals surface area contributed by atoms with Gasteiger partial charge in [-0.15, -0.1) is 0 Å². The molecule has 1 aromatic heterocycles. The van der Waals surface area contributed by atoms with Gasteiger partial charge in [0.1, 0.15) is 0 Å². The monoisotopic (exact) mass is 272 g/mol. The second kappa shape index (κ2) is 5.58. The zero-order valence-corrected chi connectivity index (χ0v) is 12.2. The first-order valence-corrected chi connectivity index (χ1v) is 7.62. The Kier molecular flexibility index (Phi) is 3.81. The molecule has 1 aliphatic rings. The smallest absolute Gasteiger partial charge is 0.0660 e. The summed E-state index contributed by atoms with van der Waals surface area (Å²) in [6, 6.07) is 10.6. The van der Waals surface area contributed by atoms with E-state index >= 15 is 0 Å². The molecule has 1 heterocycles. The van der Waals surface area contributed by atoms with Crippen LogP contribution in [0.4, 0.5) is 0 Å². The van der Waals surface area contributed by atoms with Crippen molar-refractivity contribution in [3.63, 3.8) is 0 Å². The molecule has 2 N–H and O–H groups in total. The second-order valence-corrected chi connectivity index (χ2v) is 6.30. The molecule has 0 unspecified atom stereocenters. The summed E-state index contributed by atoms with van der Waals surface area (Å²) in [5.41, 5.74) is 2.05. The molecule has 0 radical (unpaired) electrons. The minimum atomic E-state index is -0.394. The van der Waals surface area contributed by atoms with Gasteiger partial charge in [-0.3, -0.25) is 0 Å². The number of H-pyrrole nitrogens is 1. The number of nitrogens with one attached hydrogen (secondary N) is 1. The van der Waals surface area contributed by atoms with E-state index in [1.54, 1.807) is 0 Å². The number of aromatic amines is 1. The molecule has 3 heteroatoms. The highest BCUT2D eigenvalue weighted by molar-refractivity contribution is 5.80. The molecule has 0 saturated heterocycles. The van der Waals surface area contributed by atoms with Gasteiger partial charge >= 0.3 is 0 Å². The summed E-state index contributed by atoms with van der Waals surface area (Å²) >= 11 is 0. The fourth-order valence-electron chi connectivity index (χ4n) is 3.27. The van der Waals surface area contributed by atoms with Crippen LogP contribution in [-0.2, 0) is 6.54 Å². The third-order valence-electron chi connectivity index (χ3n) is 4.52. The largest absolute Gasteiger partial charge is 0.390 e. The van der Waals surface area contributed by atoms with E-state index in [0.29, 0.717) is 0 Å². The zero-order chi connectivity index (χ0) is 14.0. The number of benzene rings is 1. The van der Waals surface area contributed by atoms with Gasteiger partial charge in [0.2, 0.25) is 0 Å². The number of hydrogen-bond acceptors (Lipinski definition) is 2. The van der Waals surface area contributed by atoms with Gasteiger partial charge in [0, 0.05) is 24.3 Å². The Bertz CT molecular complexity index is 536. The van der Waals surface area contributed by atoms with Gasteiger partial charge in [-0.05, 0) is 43.8 Å². The normalized spacial score (nSPS) is 18.1. The van der Waals surface area contributed by atoms with Crippen LogP contribution in [0.3, 0.4) is 0 Å². The fraction of sp³-hybridized carbons (Fsp3) is 0.529. The van der Waals surface area contributed by atoms with Crippen molar-refractivity contribution in [1.29, 1.82) is 0 Å². The minimum absolute atomic E-state index is 0.394. The lowest BCUT2D eigenvalue weighted by Crippen LogP contribution is -2.31. The molecule has 0 aliphatic heterocycles. The van der Waals surface area contributed by atoms with Gasteiger partial charge < -0.3 is 15.0 Å². The van der Waals surface area contributed by atoms with Crippen LogP contribution >= 0.6 is 0 Å². The minimum Gasteiger partial charge on any atom is -0.390 e. The highest BCUT2D eigenvalue weighted by Gasteiger charge is 2.30. The summed E-state index contributed by atoms with van der Waals surface area (Å²) in [5.74, 6) is 0. The van der Waals surface area contributed by atoms with E-state index in [4.69, 9.17) is 0 Å². The quantitative estimate of drug-likeness (QED) is 0.876. The number of aliphatic hydroxyl groups is 1. The molecule has 108 valence electrons. The number of fused-ring (bicyclic) bond motifs is 1.